The third-order valence-corrected chi connectivity index (χ3v) is 3.29. The van der Waals surface area contributed by atoms with Crippen molar-refractivity contribution in [2.75, 3.05) is 0 Å². The lowest BCUT2D eigenvalue weighted by Crippen LogP contribution is -2.40. The first-order valence-corrected chi connectivity index (χ1v) is 4.71. The standard InChI is InChI=1S/C11H14O2/c1-2-11-5-3-9(12)8(7-11)10(13)4-6-11/h2-3,5,8-9,12H,1,4,6-7H2. The summed E-state index contributed by atoms with van der Waals surface area (Å²) >= 11 is 0. The Labute approximate surface area is 78.0 Å². The van der Waals surface area contributed by atoms with Crippen molar-refractivity contribution in [3.63, 3.8) is 0 Å². The predicted molar refractivity (Wildman–Crippen MR) is 50.1 cm³/mol. The number of rotatable bonds is 1. The Morgan fingerprint density at radius 3 is 3.15 bits per heavy atom. The predicted octanol–water partition coefficient (Wildman–Crippen LogP) is 1.46. The highest BCUT2D eigenvalue weighted by Crippen LogP contribution is 2.44. The van der Waals surface area contributed by atoms with Crippen molar-refractivity contribution in [1.29, 1.82) is 0 Å². The number of carbonyl (C=O) groups excluding carboxylic acids is 1. The van der Waals surface area contributed by atoms with E-state index in [1.807, 2.05) is 12.2 Å². The van der Waals surface area contributed by atoms with E-state index in [4.69, 9.17) is 0 Å². The van der Waals surface area contributed by atoms with Gasteiger partial charge in [-0.2, -0.15) is 0 Å². The van der Waals surface area contributed by atoms with Gasteiger partial charge in [0.25, 0.3) is 0 Å². The van der Waals surface area contributed by atoms with Crippen molar-refractivity contribution in [3.05, 3.63) is 24.8 Å². The van der Waals surface area contributed by atoms with Gasteiger partial charge in [-0.1, -0.05) is 18.2 Å². The highest BCUT2D eigenvalue weighted by atomic mass is 16.3. The second kappa shape index (κ2) is 2.81. The summed E-state index contributed by atoms with van der Waals surface area (Å²) in [5.41, 5.74) is -0.0161. The number of carbonyl (C=O) groups is 1. The molecule has 2 aliphatic rings. The van der Waals surface area contributed by atoms with Crippen LogP contribution >= 0.6 is 0 Å². The Hall–Kier alpha value is -0.890. The maximum Gasteiger partial charge on any atom is 0.138 e. The molecule has 2 heteroatoms. The Bertz CT molecular complexity index is 280. The van der Waals surface area contributed by atoms with Crippen LogP contribution in [0, 0.1) is 11.3 Å². The van der Waals surface area contributed by atoms with Crippen LogP contribution in [0.1, 0.15) is 19.3 Å². The summed E-state index contributed by atoms with van der Waals surface area (Å²) in [7, 11) is 0. The minimum atomic E-state index is -0.569. The third-order valence-electron chi connectivity index (χ3n) is 3.29. The molecule has 3 unspecified atom stereocenters. The van der Waals surface area contributed by atoms with Crippen molar-refractivity contribution in [1.82, 2.24) is 0 Å². The van der Waals surface area contributed by atoms with E-state index in [0.717, 1.165) is 12.8 Å². The molecule has 0 radical (unpaired) electrons. The SMILES string of the molecule is C=CC12C=CC(O)C(C1)C(=O)CC2. The number of aliphatic hydroxyl groups excluding tert-OH is 1. The summed E-state index contributed by atoms with van der Waals surface area (Å²) in [6, 6.07) is 0. The van der Waals surface area contributed by atoms with Gasteiger partial charge in [0, 0.05) is 17.8 Å². The highest BCUT2D eigenvalue weighted by molar-refractivity contribution is 5.83. The summed E-state index contributed by atoms with van der Waals surface area (Å²) in [5.74, 6) is 0.0195. The molecule has 0 aromatic carbocycles. The van der Waals surface area contributed by atoms with Crippen LogP contribution in [0.4, 0.5) is 0 Å². The summed E-state index contributed by atoms with van der Waals surface area (Å²) in [6.07, 6.45) is 7.27. The van der Waals surface area contributed by atoms with Gasteiger partial charge in [0.15, 0.2) is 0 Å². The smallest absolute Gasteiger partial charge is 0.138 e. The molecule has 0 aromatic rings. The van der Waals surface area contributed by atoms with Crippen LogP contribution in [0.25, 0.3) is 0 Å². The Morgan fingerprint density at radius 2 is 2.46 bits per heavy atom. The van der Waals surface area contributed by atoms with E-state index >= 15 is 0 Å². The summed E-state index contributed by atoms with van der Waals surface area (Å²) in [5, 5.41) is 9.56. The largest absolute Gasteiger partial charge is 0.388 e. The van der Waals surface area contributed by atoms with Gasteiger partial charge in [0.1, 0.15) is 5.78 Å². The molecular formula is C11H14O2. The van der Waals surface area contributed by atoms with Crippen LogP contribution < -0.4 is 0 Å². The molecule has 13 heavy (non-hydrogen) atoms. The van der Waals surface area contributed by atoms with Gasteiger partial charge in [-0.15, -0.1) is 6.58 Å². The normalized spacial score (nSPS) is 43.3. The quantitative estimate of drug-likeness (QED) is 0.617. The number of hydrogen-bond donors (Lipinski definition) is 1. The number of Topliss-reactive ketones (excluding diaryl/α,β-unsaturated/α-hetero) is 1. The van der Waals surface area contributed by atoms with Crippen LogP contribution in [0.2, 0.25) is 0 Å². The molecule has 0 spiro atoms. The lowest BCUT2D eigenvalue weighted by molar-refractivity contribution is -0.129. The lowest BCUT2D eigenvalue weighted by atomic mass is 9.64. The summed E-state index contributed by atoms with van der Waals surface area (Å²) < 4.78 is 0. The molecule has 0 saturated heterocycles. The fourth-order valence-corrected chi connectivity index (χ4v) is 2.31. The van der Waals surface area contributed by atoms with Crippen molar-refractivity contribution in [2.24, 2.45) is 11.3 Å². The number of allylic oxidation sites excluding steroid dienone is 2. The molecule has 3 atom stereocenters. The Balaban J connectivity index is 2.34. The molecule has 1 fully saturated rings. The van der Waals surface area contributed by atoms with E-state index in [1.165, 1.54) is 0 Å². The van der Waals surface area contributed by atoms with Crippen LogP contribution in [0.3, 0.4) is 0 Å². The zero-order chi connectivity index (χ0) is 9.47. The number of ketones is 1. The molecule has 0 aliphatic heterocycles. The first kappa shape index (κ1) is 8.70. The molecule has 0 aromatic heterocycles. The molecule has 70 valence electrons. The third kappa shape index (κ3) is 1.25. The van der Waals surface area contributed by atoms with Crippen LogP contribution in [-0.4, -0.2) is 17.0 Å². The molecule has 2 bridgehead atoms. The Morgan fingerprint density at radius 1 is 1.69 bits per heavy atom. The first-order valence-electron chi connectivity index (χ1n) is 4.71. The van der Waals surface area contributed by atoms with Crippen LogP contribution in [0.15, 0.2) is 24.8 Å². The summed E-state index contributed by atoms with van der Waals surface area (Å²) in [6.45, 7) is 3.80. The fraction of sp³-hybridized carbons (Fsp3) is 0.545. The van der Waals surface area contributed by atoms with Gasteiger partial charge in [-0.3, -0.25) is 4.79 Å². The van der Waals surface area contributed by atoms with Crippen molar-refractivity contribution >= 4 is 5.78 Å². The molecule has 0 heterocycles. The number of aliphatic hydroxyl groups is 1. The average Bonchev–Trinajstić information content (AvgIpc) is 2.17. The van der Waals surface area contributed by atoms with Crippen molar-refractivity contribution in [2.45, 2.75) is 25.4 Å². The maximum atomic E-state index is 11.4. The van der Waals surface area contributed by atoms with E-state index in [0.29, 0.717) is 6.42 Å². The van der Waals surface area contributed by atoms with E-state index in [-0.39, 0.29) is 17.1 Å². The first-order chi connectivity index (χ1) is 6.17. The van der Waals surface area contributed by atoms with E-state index in [1.54, 1.807) is 6.08 Å². The molecule has 2 rings (SSSR count). The van der Waals surface area contributed by atoms with Gasteiger partial charge < -0.3 is 5.11 Å². The van der Waals surface area contributed by atoms with Crippen LogP contribution in [0.5, 0.6) is 0 Å². The Kier molecular flexibility index (Phi) is 1.88. The molecule has 2 aliphatic carbocycles. The second-order valence-electron chi connectivity index (χ2n) is 4.06. The zero-order valence-corrected chi connectivity index (χ0v) is 7.57. The zero-order valence-electron chi connectivity index (χ0n) is 7.57. The topological polar surface area (TPSA) is 37.3 Å². The summed E-state index contributed by atoms with van der Waals surface area (Å²) in [4.78, 5) is 11.4. The van der Waals surface area contributed by atoms with Gasteiger partial charge in [0.05, 0.1) is 6.10 Å². The van der Waals surface area contributed by atoms with E-state index in [9.17, 15) is 9.90 Å². The number of hydrogen-bond acceptors (Lipinski definition) is 2. The van der Waals surface area contributed by atoms with Gasteiger partial charge in [-0.25, -0.2) is 0 Å². The molecule has 1 N–H and O–H groups in total. The second-order valence-corrected chi connectivity index (χ2v) is 4.06. The molecule has 0 amide bonds. The van der Waals surface area contributed by atoms with E-state index in [2.05, 4.69) is 6.58 Å². The lowest BCUT2D eigenvalue weighted by Gasteiger charge is -2.40. The average molecular weight is 178 g/mol. The minimum Gasteiger partial charge on any atom is -0.388 e. The van der Waals surface area contributed by atoms with E-state index < -0.39 is 6.10 Å². The molecule has 2 nitrogen and oxygen atoms in total. The molecular weight excluding hydrogens is 164 g/mol. The molecule has 1 saturated carbocycles. The van der Waals surface area contributed by atoms with Crippen LogP contribution in [-0.2, 0) is 4.79 Å². The van der Waals surface area contributed by atoms with Gasteiger partial charge in [-0.05, 0) is 12.8 Å². The maximum absolute atomic E-state index is 11.4. The van der Waals surface area contributed by atoms with Crippen molar-refractivity contribution in [3.8, 4) is 0 Å². The monoisotopic (exact) mass is 178 g/mol. The van der Waals surface area contributed by atoms with Gasteiger partial charge in [0.2, 0.25) is 0 Å². The minimum absolute atomic E-state index is 0.0161. The number of fused-ring (bicyclic) bond motifs is 2. The van der Waals surface area contributed by atoms with Crippen molar-refractivity contribution < 1.29 is 9.90 Å². The highest BCUT2D eigenvalue weighted by Gasteiger charge is 2.42. The van der Waals surface area contributed by atoms with Gasteiger partial charge >= 0.3 is 0 Å². The fourth-order valence-electron chi connectivity index (χ4n) is 2.31.